The molecular formula is C27H32ClN5O3. The molecule has 3 N–H and O–H groups in total. The van der Waals surface area contributed by atoms with Crippen LogP contribution in [0.2, 0.25) is 5.02 Å². The molecule has 190 valence electrons. The summed E-state index contributed by atoms with van der Waals surface area (Å²) < 4.78 is 5.88. The van der Waals surface area contributed by atoms with Gasteiger partial charge in [0, 0.05) is 55.6 Å². The topological polar surface area (TPSA) is 103 Å². The van der Waals surface area contributed by atoms with Crippen molar-refractivity contribution in [2.24, 2.45) is 0 Å². The summed E-state index contributed by atoms with van der Waals surface area (Å²) in [6.07, 6.45) is 9.70. The third kappa shape index (κ3) is 6.06. The first-order chi connectivity index (χ1) is 17.5. The lowest BCUT2D eigenvalue weighted by atomic mass is 9.93. The molecule has 1 aliphatic carbocycles. The molecule has 0 bridgehead atoms. The number of nitrogens with one attached hydrogen (secondary N) is 2. The lowest BCUT2D eigenvalue weighted by molar-refractivity contribution is 0.0836. The Hall–Kier alpha value is -2.94. The summed E-state index contributed by atoms with van der Waals surface area (Å²) in [7, 11) is 0. The molecule has 0 radical (unpaired) electrons. The van der Waals surface area contributed by atoms with Crippen molar-refractivity contribution >= 4 is 23.2 Å². The third-order valence-corrected chi connectivity index (χ3v) is 7.45. The highest BCUT2D eigenvalue weighted by Crippen LogP contribution is 2.34. The van der Waals surface area contributed by atoms with Crippen molar-refractivity contribution in [2.45, 2.75) is 63.8 Å². The van der Waals surface area contributed by atoms with Crippen LogP contribution in [0.1, 0.15) is 59.2 Å². The van der Waals surface area contributed by atoms with Crippen LogP contribution in [0.5, 0.6) is 5.75 Å². The van der Waals surface area contributed by atoms with E-state index in [2.05, 4.69) is 25.4 Å². The molecule has 8 nitrogen and oxygen atoms in total. The maximum absolute atomic E-state index is 12.7. The highest BCUT2D eigenvalue weighted by molar-refractivity contribution is 6.33. The smallest absolute Gasteiger partial charge is 0.163 e. The van der Waals surface area contributed by atoms with Crippen molar-refractivity contribution in [3.63, 3.8) is 0 Å². The Kier molecular flexibility index (Phi) is 7.84. The number of carbonyl (C=O) groups is 1. The second kappa shape index (κ2) is 11.4. The molecule has 5 rings (SSSR count). The van der Waals surface area contributed by atoms with Gasteiger partial charge in [0.05, 0.1) is 17.3 Å². The predicted molar refractivity (Wildman–Crippen MR) is 138 cm³/mol. The van der Waals surface area contributed by atoms with Crippen molar-refractivity contribution in [2.75, 3.05) is 18.4 Å². The standard InChI is InChI=1S/C27H32ClN5O3/c28-27-23-9-11-33(15-20(23)4-7-25(27)36-17-18-13-30-31-14-18)16-22(34)5-6-24(35)19-8-10-29-26(12-19)32-21-2-1-3-21/h4,7-8,10,12-14,21-22,34H,1-3,5-6,9,11,15-17H2,(H,29,32)(H,30,31)/t22-/m0/s1. The summed E-state index contributed by atoms with van der Waals surface area (Å²) in [6, 6.07) is 8.00. The van der Waals surface area contributed by atoms with Gasteiger partial charge in [0.15, 0.2) is 5.78 Å². The van der Waals surface area contributed by atoms with E-state index in [0.717, 1.165) is 48.3 Å². The van der Waals surface area contributed by atoms with Crippen LogP contribution in [-0.4, -0.2) is 56.2 Å². The highest BCUT2D eigenvalue weighted by Gasteiger charge is 2.23. The largest absolute Gasteiger partial charge is 0.487 e. The van der Waals surface area contributed by atoms with Gasteiger partial charge in [-0.3, -0.25) is 14.8 Å². The molecule has 3 aromatic rings. The summed E-state index contributed by atoms with van der Waals surface area (Å²) >= 11 is 6.65. The molecule has 0 amide bonds. The number of β-amino-alcohol motifs (C(OH)–C–C–N with tert-alkyl or cyclic N) is 1. The number of aromatic amines is 1. The molecule has 36 heavy (non-hydrogen) atoms. The van der Waals surface area contributed by atoms with Gasteiger partial charge in [-0.25, -0.2) is 4.98 Å². The van der Waals surface area contributed by atoms with Crippen LogP contribution >= 0.6 is 11.6 Å². The van der Waals surface area contributed by atoms with Gasteiger partial charge in [-0.15, -0.1) is 0 Å². The molecule has 1 aliphatic heterocycles. The Labute approximate surface area is 216 Å². The minimum Gasteiger partial charge on any atom is -0.487 e. The maximum Gasteiger partial charge on any atom is 0.163 e. The van der Waals surface area contributed by atoms with Crippen molar-refractivity contribution in [1.29, 1.82) is 0 Å². The number of Topliss-reactive ketones (excluding diaryl/α,β-unsaturated/α-hetero) is 1. The van der Waals surface area contributed by atoms with Gasteiger partial charge in [0.1, 0.15) is 18.2 Å². The molecule has 0 unspecified atom stereocenters. The Morgan fingerprint density at radius 3 is 3.00 bits per heavy atom. The van der Waals surface area contributed by atoms with Crippen LogP contribution in [0.4, 0.5) is 5.82 Å². The number of hydrogen-bond donors (Lipinski definition) is 3. The van der Waals surface area contributed by atoms with Crippen LogP contribution in [0.15, 0.2) is 42.9 Å². The number of hydrogen-bond acceptors (Lipinski definition) is 7. The monoisotopic (exact) mass is 509 g/mol. The molecule has 3 heterocycles. The number of aliphatic hydroxyl groups is 1. The van der Waals surface area contributed by atoms with E-state index in [4.69, 9.17) is 16.3 Å². The summed E-state index contributed by atoms with van der Waals surface area (Å²) in [4.78, 5) is 19.3. The van der Waals surface area contributed by atoms with Gasteiger partial charge in [0.25, 0.3) is 0 Å². The van der Waals surface area contributed by atoms with Crippen LogP contribution in [0.25, 0.3) is 0 Å². The summed E-state index contributed by atoms with van der Waals surface area (Å²) in [5, 5.41) is 21.4. The Balaban J connectivity index is 1.10. The molecule has 1 aromatic carbocycles. The zero-order valence-corrected chi connectivity index (χ0v) is 21.0. The van der Waals surface area contributed by atoms with E-state index in [9.17, 15) is 9.90 Å². The van der Waals surface area contributed by atoms with E-state index < -0.39 is 6.10 Å². The summed E-state index contributed by atoms with van der Waals surface area (Å²) in [6.45, 7) is 2.43. The number of ketones is 1. The molecule has 0 saturated heterocycles. The maximum atomic E-state index is 12.7. The number of halogens is 1. The number of H-pyrrole nitrogens is 1. The van der Waals surface area contributed by atoms with E-state index >= 15 is 0 Å². The summed E-state index contributed by atoms with van der Waals surface area (Å²) in [5.41, 5.74) is 3.85. The molecule has 1 fully saturated rings. The second-order valence-corrected chi connectivity index (χ2v) is 10.1. The Bertz CT molecular complexity index is 1180. The predicted octanol–water partition coefficient (Wildman–Crippen LogP) is 4.38. The van der Waals surface area contributed by atoms with Gasteiger partial charge < -0.3 is 15.2 Å². The van der Waals surface area contributed by atoms with Gasteiger partial charge in [-0.1, -0.05) is 17.7 Å². The lowest BCUT2D eigenvalue weighted by Crippen LogP contribution is -2.37. The minimum absolute atomic E-state index is 0.0341. The fraction of sp³-hybridized carbons (Fsp3) is 0.444. The van der Waals surface area contributed by atoms with Crippen molar-refractivity contribution in [1.82, 2.24) is 20.1 Å². The first-order valence-electron chi connectivity index (χ1n) is 12.6. The van der Waals surface area contributed by atoms with E-state index in [-0.39, 0.29) is 5.78 Å². The van der Waals surface area contributed by atoms with E-state index in [1.165, 1.54) is 6.42 Å². The molecule has 2 aliphatic rings. The number of ether oxygens (including phenoxy) is 1. The zero-order valence-electron chi connectivity index (χ0n) is 20.3. The van der Waals surface area contributed by atoms with Gasteiger partial charge >= 0.3 is 0 Å². The number of aromatic nitrogens is 3. The fourth-order valence-electron chi connectivity index (χ4n) is 4.71. The number of benzene rings is 1. The van der Waals surface area contributed by atoms with Gasteiger partial charge in [-0.2, -0.15) is 5.10 Å². The number of aliphatic hydroxyl groups excluding tert-OH is 1. The average molecular weight is 510 g/mol. The number of carbonyl (C=O) groups excluding carboxylic acids is 1. The van der Waals surface area contributed by atoms with Gasteiger partial charge in [-0.05, 0) is 61.4 Å². The molecule has 0 spiro atoms. The van der Waals surface area contributed by atoms with E-state index in [1.54, 1.807) is 24.7 Å². The first kappa shape index (κ1) is 24.7. The van der Waals surface area contributed by atoms with Crippen molar-refractivity contribution in [3.8, 4) is 5.75 Å². The molecule has 1 atom stereocenters. The number of nitrogens with zero attached hydrogens (tertiary/aromatic N) is 3. The molecule has 1 saturated carbocycles. The lowest BCUT2D eigenvalue weighted by Gasteiger charge is -2.31. The Morgan fingerprint density at radius 1 is 1.33 bits per heavy atom. The van der Waals surface area contributed by atoms with Crippen LogP contribution in [0.3, 0.4) is 0 Å². The minimum atomic E-state index is -0.571. The SMILES string of the molecule is O=C(CC[C@H](O)CN1CCc2c(ccc(OCc3cn[nH]c3)c2Cl)C1)c1ccnc(NC2CCC2)c1. The molecular weight excluding hydrogens is 478 g/mol. The first-order valence-corrected chi connectivity index (χ1v) is 13.0. The van der Waals surface area contributed by atoms with Crippen LogP contribution in [0, 0.1) is 0 Å². The molecule has 2 aromatic heterocycles. The van der Waals surface area contributed by atoms with Crippen LogP contribution in [-0.2, 0) is 19.6 Å². The number of rotatable bonds is 11. The van der Waals surface area contributed by atoms with Crippen LogP contribution < -0.4 is 10.1 Å². The highest BCUT2D eigenvalue weighted by atomic mass is 35.5. The average Bonchev–Trinajstić information content (AvgIpc) is 3.38. The second-order valence-electron chi connectivity index (χ2n) is 9.71. The zero-order chi connectivity index (χ0) is 24.9. The van der Waals surface area contributed by atoms with Gasteiger partial charge in [0.2, 0.25) is 0 Å². The van der Waals surface area contributed by atoms with Crippen molar-refractivity contribution < 1.29 is 14.6 Å². The summed E-state index contributed by atoms with van der Waals surface area (Å²) in [5.74, 6) is 1.46. The van der Waals surface area contributed by atoms with E-state index in [1.807, 2.05) is 18.2 Å². The number of fused-ring (bicyclic) bond motifs is 1. The normalized spacial score (nSPS) is 16.7. The number of pyridine rings is 1. The fourth-order valence-corrected chi connectivity index (χ4v) is 5.04. The Morgan fingerprint density at radius 2 is 2.22 bits per heavy atom. The quantitative estimate of drug-likeness (QED) is 0.329. The van der Waals surface area contributed by atoms with E-state index in [0.29, 0.717) is 54.9 Å². The molecule has 9 heteroatoms. The number of anilines is 1. The third-order valence-electron chi connectivity index (χ3n) is 7.04. The van der Waals surface area contributed by atoms with Crippen molar-refractivity contribution in [3.05, 3.63) is 70.1 Å².